The molecule has 0 fully saturated rings. The van der Waals surface area contributed by atoms with Gasteiger partial charge in [-0.2, -0.15) is 0 Å². The van der Waals surface area contributed by atoms with Gasteiger partial charge in [-0.1, -0.05) is 12.1 Å². The maximum absolute atomic E-state index is 12.9. The molecule has 0 atom stereocenters. The lowest BCUT2D eigenvalue weighted by Gasteiger charge is -2.07. The van der Waals surface area contributed by atoms with Gasteiger partial charge in [0, 0.05) is 11.4 Å². The number of nitrogen functional groups attached to an aromatic ring is 1. The molecule has 108 valence electrons. The fourth-order valence-electron chi connectivity index (χ4n) is 1.64. The number of nitrogens with one attached hydrogen (secondary N) is 1. The normalized spacial score (nSPS) is 9.95. The number of anilines is 2. The molecule has 2 aromatic rings. The number of esters is 1. The molecule has 0 bridgehead atoms. The van der Waals surface area contributed by atoms with Crippen LogP contribution >= 0.6 is 0 Å². The smallest absolute Gasteiger partial charge is 0.338 e. The van der Waals surface area contributed by atoms with E-state index in [9.17, 15) is 14.0 Å². The van der Waals surface area contributed by atoms with Gasteiger partial charge >= 0.3 is 5.97 Å². The summed E-state index contributed by atoms with van der Waals surface area (Å²) >= 11 is 0. The summed E-state index contributed by atoms with van der Waals surface area (Å²) in [5, 5.41) is 2.42. The number of benzene rings is 2. The molecular weight excluding hydrogens is 275 g/mol. The summed E-state index contributed by atoms with van der Waals surface area (Å²) in [6, 6.07) is 11.6. The number of rotatable bonds is 4. The summed E-state index contributed by atoms with van der Waals surface area (Å²) in [7, 11) is 0. The van der Waals surface area contributed by atoms with E-state index >= 15 is 0 Å². The summed E-state index contributed by atoms with van der Waals surface area (Å²) in [5.74, 6) is -1.68. The Bertz CT molecular complexity index is 673. The van der Waals surface area contributed by atoms with Crippen molar-refractivity contribution in [1.82, 2.24) is 0 Å². The van der Waals surface area contributed by atoms with Crippen LogP contribution in [0, 0.1) is 5.82 Å². The molecule has 0 radical (unpaired) electrons. The molecule has 0 heterocycles. The first-order valence-corrected chi connectivity index (χ1v) is 6.12. The average Bonchev–Trinajstić information content (AvgIpc) is 2.45. The summed E-state index contributed by atoms with van der Waals surface area (Å²) in [6.45, 7) is -0.468. The van der Waals surface area contributed by atoms with Gasteiger partial charge in [-0.05, 0) is 36.4 Å². The van der Waals surface area contributed by atoms with Gasteiger partial charge < -0.3 is 15.8 Å². The van der Waals surface area contributed by atoms with Crippen LogP contribution in [0.2, 0.25) is 0 Å². The highest BCUT2D eigenvalue weighted by molar-refractivity contribution is 5.95. The molecule has 0 saturated carbocycles. The zero-order chi connectivity index (χ0) is 15.2. The molecule has 0 aliphatic carbocycles. The van der Waals surface area contributed by atoms with Gasteiger partial charge in [0.05, 0.1) is 5.56 Å². The van der Waals surface area contributed by atoms with Crippen LogP contribution in [0.5, 0.6) is 0 Å². The number of carbonyl (C=O) groups is 2. The quantitative estimate of drug-likeness (QED) is 0.667. The molecule has 2 rings (SSSR count). The second kappa shape index (κ2) is 6.51. The van der Waals surface area contributed by atoms with E-state index in [-0.39, 0.29) is 5.56 Å². The Balaban J connectivity index is 1.88. The van der Waals surface area contributed by atoms with Crippen molar-refractivity contribution < 1.29 is 18.7 Å². The Hall–Kier alpha value is -2.89. The van der Waals surface area contributed by atoms with Crippen LogP contribution in [0.3, 0.4) is 0 Å². The van der Waals surface area contributed by atoms with Gasteiger partial charge in [0.15, 0.2) is 6.61 Å². The minimum Gasteiger partial charge on any atom is -0.452 e. The fraction of sp³-hybridized carbons (Fsp3) is 0.0667. The summed E-state index contributed by atoms with van der Waals surface area (Å²) in [5.41, 5.74) is 6.52. The fourth-order valence-corrected chi connectivity index (χ4v) is 1.64. The molecule has 1 amide bonds. The third kappa shape index (κ3) is 4.31. The summed E-state index contributed by atoms with van der Waals surface area (Å²) in [6.07, 6.45) is 0. The van der Waals surface area contributed by atoms with Gasteiger partial charge in [-0.3, -0.25) is 4.79 Å². The van der Waals surface area contributed by atoms with Gasteiger partial charge in [0.25, 0.3) is 5.91 Å². The molecule has 0 aliphatic rings. The topological polar surface area (TPSA) is 81.4 Å². The van der Waals surface area contributed by atoms with Gasteiger partial charge in [-0.25, -0.2) is 9.18 Å². The first kappa shape index (κ1) is 14.5. The second-order valence-electron chi connectivity index (χ2n) is 4.26. The van der Waals surface area contributed by atoms with Crippen LogP contribution in [0.4, 0.5) is 15.8 Å². The van der Waals surface area contributed by atoms with Crippen molar-refractivity contribution in [2.24, 2.45) is 0 Å². The first-order chi connectivity index (χ1) is 10.0. The van der Waals surface area contributed by atoms with Gasteiger partial charge in [0.2, 0.25) is 0 Å². The molecule has 0 aromatic heterocycles. The molecule has 0 saturated heterocycles. The van der Waals surface area contributed by atoms with Crippen molar-refractivity contribution in [2.75, 3.05) is 17.7 Å². The molecule has 5 nitrogen and oxygen atoms in total. The molecule has 0 unspecified atom stereocenters. The van der Waals surface area contributed by atoms with Crippen molar-refractivity contribution in [2.45, 2.75) is 0 Å². The van der Waals surface area contributed by atoms with Crippen LogP contribution in [-0.4, -0.2) is 18.5 Å². The molecule has 6 heteroatoms. The Kier molecular flexibility index (Phi) is 4.50. The maximum atomic E-state index is 12.9. The molecular formula is C15H13FN2O3. The zero-order valence-corrected chi connectivity index (χ0v) is 11.0. The average molecular weight is 288 g/mol. The maximum Gasteiger partial charge on any atom is 0.338 e. The standard InChI is InChI=1S/C15H13FN2O3/c16-11-4-2-6-13(8-11)18-14(19)9-21-15(20)10-3-1-5-12(17)7-10/h1-8H,9,17H2,(H,18,19). The van der Waals surface area contributed by atoms with Crippen molar-refractivity contribution >= 4 is 23.3 Å². The van der Waals surface area contributed by atoms with E-state index in [0.29, 0.717) is 11.4 Å². The Morgan fingerprint density at radius 2 is 1.90 bits per heavy atom. The van der Waals surface area contributed by atoms with Crippen LogP contribution in [0.25, 0.3) is 0 Å². The monoisotopic (exact) mass is 288 g/mol. The van der Waals surface area contributed by atoms with E-state index in [1.807, 2.05) is 0 Å². The third-order valence-corrected chi connectivity index (χ3v) is 2.57. The van der Waals surface area contributed by atoms with E-state index in [1.54, 1.807) is 12.1 Å². The molecule has 2 aromatic carbocycles. The first-order valence-electron chi connectivity index (χ1n) is 6.12. The van der Waals surface area contributed by atoms with Crippen LogP contribution in [0.15, 0.2) is 48.5 Å². The SMILES string of the molecule is Nc1cccc(C(=O)OCC(=O)Nc2cccc(F)c2)c1. The van der Waals surface area contributed by atoms with Crippen molar-refractivity contribution in [1.29, 1.82) is 0 Å². The van der Waals surface area contributed by atoms with Crippen LogP contribution in [0.1, 0.15) is 10.4 Å². The number of nitrogens with two attached hydrogens (primary N) is 1. The Morgan fingerprint density at radius 1 is 1.14 bits per heavy atom. The lowest BCUT2D eigenvalue weighted by molar-refractivity contribution is -0.119. The highest BCUT2D eigenvalue weighted by Crippen LogP contribution is 2.10. The highest BCUT2D eigenvalue weighted by atomic mass is 19.1. The lowest BCUT2D eigenvalue weighted by Crippen LogP contribution is -2.21. The molecule has 21 heavy (non-hydrogen) atoms. The molecule has 0 aliphatic heterocycles. The van der Waals surface area contributed by atoms with E-state index < -0.39 is 24.3 Å². The van der Waals surface area contributed by atoms with E-state index in [1.165, 1.54) is 30.3 Å². The van der Waals surface area contributed by atoms with Crippen LogP contribution in [-0.2, 0) is 9.53 Å². The van der Waals surface area contributed by atoms with Crippen molar-refractivity contribution in [3.63, 3.8) is 0 Å². The minimum atomic E-state index is -0.656. The highest BCUT2D eigenvalue weighted by Gasteiger charge is 2.10. The van der Waals surface area contributed by atoms with Crippen molar-refractivity contribution in [3.8, 4) is 0 Å². The number of amides is 1. The van der Waals surface area contributed by atoms with Crippen molar-refractivity contribution in [3.05, 3.63) is 59.9 Å². The molecule has 3 N–H and O–H groups in total. The predicted octanol–water partition coefficient (Wildman–Crippen LogP) is 2.20. The number of hydrogen-bond acceptors (Lipinski definition) is 4. The Morgan fingerprint density at radius 3 is 2.62 bits per heavy atom. The number of halogens is 1. The number of ether oxygens (including phenoxy) is 1. The van der Waals surface area contributed by atoms with E-state index in [0.717, 1.165) is 6.07 Å². The van der Waals surface area contributed by atoms with Crippen LogP contribution < -0.4 is 11.1 Å². The largest absolute Gasteiger partial charge is 0.452 e. The second-order valence-corrected chi connectivity index (χ2v) is 4.26. The Labute approximate surface area is 120 Å². The third-order valence-electron chi connectivity index (χ3n) is 2.57. The number of hydrogen-bond donors (Lipinski definition) is 2. The van der Waals surface area contributed by atoms with Gasteiger partial charge in [-0.15, -0.1) is 0 Å². The van der Waals surface area contributed by atoms with Gasteiger partial charge in [0.1, 0.15) is 5.82 Å². The lowest BCUT2D eigenvalue weighted by atomic mass is 10.2. The number of carbonyl (C=O) groups excluding carboxylic acids is 2. The van der Waals surface area contributed by atoms with E-state index in [4.69, 9.17) is 10.5 Å². The van der Waals surface area contributed by atoms with E-state index in [2.05, 4.69) is 5.32 Å². The molecule has 0 spiro atoms. The zero-order valence-electron chi connectivity index (χ0n) is 11.0. The summed E-state index contributed by atoms with van der Waals surface area (Å²) < 4.78 is 17.8. The minimum absolute atomic E-state index is 0.258. The predicted molar refractivity (Wildman–Crippen MR) is 76.2 cm³/mol. The summed E-state index contributed by atoms with van der Waals surface area (Å²) in [4.78, 5) is 23.3.